The second kappa shape index (κ2) is 5.63. The zero-order valence-corrected chi connectivity index (χ0v) is 12.8. The number of sulfonamides is 1. The third-order valence-corrected chi connectivity index (χ3v) is 4.69. The maximum absolute atomic E-state index is 13.2. The highest BCUT2D eigenvalue weighted by Gasteiger charge is 2.24. The third kappa shape index (κ3) is 3.34. The molecule has 2 aromatic rings. The molecule has 0 saturated heterocycles. The van der Waals surface area contributed by atoms with Crippen molar-refractivity contribution >= 4 is 27.3 Å². The summed E-state index contributed by atoms with van der Waals surface area (Å²) in [5.41, 5.74) is 5.07. The van der Waals surface area contributed by atoms with Crippen LogP contribution in [0.2, 0.25) is 5.02 Å². The molecule has 1 aromatic heterocycles. The summed E-state index contributed by atoms with van der Waals surface area (Å²) in [6.07, 6.45) is 1.48. The molecule has 0 aliphatic rings. The Hall–Kier alpha value is -1.64. The van der Waals surface area contributed by atoms with Crippen molar-refractivity contribution in [2.75, 3.05) is 5.73 Å². The lowest BCUT2D eigenvalue weighted by Gasteiger charge is -2.13. The van der Waals surface area contributed by atoms with Crippen molar-refractivity contribution in [1.29, 1.82) is 0 Å². The van der Waals surface area contributed by atoms with E-state index in [4.69, 9.17) is 21.8 Å². The first-order valence-electron chi connectivity index (χ1n) is 5.90. The molecule has 2 rings (SSSR count). The maximum Gasteiger partial charge on any atom is 0.242 e. The number of nitrogens with one attached hydrogen (secondary N) is 1. The molecule has 0 aliphatic carbocycles. The highest BCUT2D eigenvalue weighted by molar-refractivity contribution is 7.89. The van der Waals surface area contributed by atoms with E-state index in [1.807, 2.05) is 0 Å². The van der Waals surface area contributed by atoms with Gasteiger partial charge in [0.1, 0.15) is 16.5 Å². The summed E-state index contributed by atoms with van der Waals surface area (Å²) in [7, 11) is -4.00. The Labute approximate surface area is 126 Å². The molecule has 0 saturated carbocycles. The molecule has 1 aromatic carbocycles. The summed E-state index contributed by atoms with van der Waals surface area (Å²) in [5, 5.41) is -0.259. The van der Waals surface area contributed by atoms with Gasteiger partial charge in [-0.05, 0) is 26.0 Å². The zero-order valence-electron chi connectivity index (χ0n) is 11.2. The fourth-order valence-electron chi connectivity index (χ4n) is 1.67. The van der Waals surface area contributed by atoms with E-state index in [0.717, 1.165) is 12.1 Å². The van der Waals surface area contributed by atoms with Gasteiger partial charge >= 0.3 is 0 Å². The van der Waals surface area contributed by atoms with E-state index < -0.39 is 21.9 Å². The Morgan fingerprint density at radius 1 is 1.48 bits per heavy atom. The predicted molar refractivity (Wildman–Crippen MR) is 75.8 cm³/mol. The van der Waals surface area contributed by atoms with Crippen molar-refractivity contribution in [3.63, 3.8) is 0 Å². The number of hydrogen-bond acceptors (Lipinski definition) is 5. The molecule has 0 fully saturated rings. The third-order valence-electron chi connectivity index (χ3n) is 2.68. The summed E-state index contributed by atoms with van der Waals surface area (Å²) in [6.45, 7) is 3.25. The Morgan fingerprint density at radius 3 is 2.71 bits per heavy atom. The average Bonchev–Trinajstić information content (AvgIpc) is 2.80. The van der Waals surface area contributed by atoms with Gasteiger partial charge in [-0.25, -0.2) is 17.8 Å². The van der Waals surface area contributed by atoms with Gasteiger partial charge in [-0.15, -0.1) is 0 Å². The Morgan fingerprint density at radius 2 is 2.14 bits per heavy atom. The molecule has 0 aliphatic heterocycles. The number of nitrogen functional groups attached to an aromatic ring is 1. The fraction of sp³-hybridized carbons (Fsp3) is 0.250. The van der Waals surface area contributed by atoms with E-state index in [1.165, 1.54) is 6.20 Å². The number of oxazole rings is 1. The standard InChI is InChI=1S/C12H13ClFN3O3S/c1-6-5-16-12(20-6)7(2)17-21(18,19)11-4-10(15)9(14)3-8(11)13/h3-5,7,17H,15H2,1-2H3. The first kappa shape index (κ1) is 15.7. The lowest BCUT2D eigenvalue weighted by Crippen LogP contribution is -2.27. The Bertz CT molecular complexity index is 776. The van der Waals surface area contributed by atoms with E-state index in [-0.39, 0.29) is 21.5 Å². The van der Waals surface area contributed by atoms with Gasteiger partial charge in [0.2, 0.25) is 15.9 Å². The summed E-state index contributed by atoms with van der Waals surface area (Å²) in [5.74, 6) is -0.0160. The normalized spacial score (nSPS) is 13.3. The maximum atomic E-state index is 13.2. The Balaban J connectivity index is 2.32. The SMILES string of the molecule is Cc1cnc(C(C)NS(=O)(=O)c2cc(N)c(F)cc2Cl)o1. The quantitative estimate of drug-likeness (QED) is 0.837. The molecule has 1 unspecified atom stereocenters. The highest BCUT2D eigenvalue weighted by atomic mass is 35.5. The zero-order chi connectivity index (χ0) is 15.8. The van der Waals surface area contributed by atoms with Crippen LogP contribution in [-0.2, 0) is 10.0 Å². The van der Waals surface area contributed by atoms with E-state index in [0.29, 0.717) is 5.76 Å². The monoisotopic (exact) mass is 333 g/mol. The van der Waals surface area contributed by atoms with E-state index in [2.05, 4.69) is 9.71 Å². The molecule has 0 bridgehead atoms. The topological polar surface area (TPSA) is 98.2 Å². The van der Waals surface area contributed by atoms with Gasteiger partial charge in [0.25, 0.3) is 0 Å². The van der Waals surface area contributed by atoms with Crippen LogP contribution in [0.1, 0.15) is 24.6 Å². The lowest BCUT2D eigenvalue weighted by molar-refractivity contribution is 0.428. The molecular weight excluding hydrogens is 321 g/mol. The second-order valence-electron chi connectivity index (χ2n) is 4.46. The number of hydrogen-bond donors (Lipinski definition) is 2. The van der Waals surface area contributed by atoms with E-state index in [9.17, 15) is 12.8 Å². The molecular formula is C12H13ClFN3O3S. The molecule has 114 valence electrons. The summed E-state index contributed by atoms with van der Waals surface area (Å²) >= 11 is 5.77. The number of aromatic nitrogens is 1. The summed E-state index contributed by atoms with van der Waals surface area (Å²) in [6, 6.07) is 1.10. The van der Waals surface area contributed by atoms with Gasteiger partial charge in [-0.1, -0.05) is 11.6 Å². The molecule has 9 heteroatoms. The fourth-order valence-corrected chi connectivity index (χ4v) is 3.42. The first-order chi connectivity index (χ1) is 9.70. The summed E-state index contributed by atoms with van der Waals surface area (Å²) in [4.78, 5) is 3.63. The number of benzene rings is 1. The van der Waals surface area contributed by atoms with E-state index in [1.54, 1.807) is 13.8 Å². The largest absolute Gasteiger partial charge is 0.444 e. The van der Waals surface area contributed by atoms with Crippen molar-refractivity contribution in [3.05, 3.63) is 40.8 Å². The van der Waals surface area contributed by atoms with Crippen molar-refractivity contribution in [2.24, 2.45) is 0 Å². The smallest absolute Gasteiger partial charge is 0.242 e. The van der Waals surface area contributed by atoms with Gasteiger partial charge in [0.15, 0.2) is 0 Å². The van der Waals surface area contributed by atoms with Gasteiger partial charge in [-0.3, -0.25) is 0 Å². The number of aryl methyl sites for hydroxylation is 1. The van der Waals surface area contributed by atoms with Crippen LogP contribution in [0.4, 0.5) is 10.1 Å². The van der Waals surface area contributed by atoms with Crippen LogP contribution >= 0.6 is 11.6 Å². The number of nitrogens with zero attached hydrogens (tertiary/aromatic N) is 1. The summed E-state index contributed by atoms with van der Waals surface area (Å²) < 4.78 is 45.3. The minimum Gasteiger partial charge on any atom is -0.444 e. The number of halogens is 2. The first-order valence-corrected chi connectivity index (χ1v) is 7.76. The molecule has 6 nitrogen and oxygen atoms in total. The molecule has 0 radical (unpaired) electrons. The molecule has 3 N–H and O–H groups in total. The second-order valence-corrected chi connectivity index (χ2v) is 6.55. The predicted octanol–water partition coefficient (Wildman–Crippen LogP) is 2.40. The van der Waals surface area contributed by atoms with Crippen LogP contribution in [0.15, 0.2) is 27.6 Å². The van der Waals surface area contributed by atoms with Gasteiger partial charge in [0, 0.05) is 0 Å². The van der Waals surface area contributed by atoms with Crippen LogP contribution in [0.25, 0.3) is 0 Å². The van der Waals surface area contributed by atoms with Crippen molar-refractivity contribution in [3.8, 4) is 0 Å². The van der Waals surface area contributed by atoms with Crippen LogP contribution in [-0.4, -0.2) is 13.4 Å². The van der Waals surface area contributed by atoms with Gasteiger partial charge in [-0.2, -0.15) is 4.72 Å². The van der Waals surface area contributed by atoms with Crippen molar-refractivity contribution < 1.29 is 17.2 Å². The minimum atomic E-state index is -4.00. The molecule has 0 amide bonds. The molecule has 1 heterocycles. The number of nitrogens with two attached hydrogens (primary N) is 1. The Kier molecular flexibility index (Phi) is 4.22. The highest BCUT2D eigenvalue weighted by Crippen LogP contribution is 2.27. The van der Waals surface area contributed by atoms with E-state index >= 15 is 0 Å². The van der Waals surface area contributed by atoms with Crippen molar-refractivity contribution in [1.82, 2.24) is 9.71 Å². The lowest BCUT2D eigenvalue weighted by atomic mass is 10.3. The molecule has 0 spiro atoms. The van der Waals surface area contributed by atoms with Crippen LogP contribution < -0.4 is 10.5 Å². The average molecular weight is 334 g/mol. The number of rotatable bonds is 4. The van der Waals surface area contributed by atoms with Crippen LogP contribution in [0, 0.1) is 12.7 Å². The number of anilines is 1. The van der Waals surface area contributed by atoms with Crippen molar-refractivity contribution in [2.45, 2.75) is 24.8 Å². The van der Waals surface area contributed by atoms with Crippen LogP contribution in [0.5, 0.6) is 0 Å². The minimum absolute atomic E-state index is 0.210. The molecule has 1 atom stereocenters. The molecule has 21 heavy (non-hydrogen) atoms. The van der Waals surface area contributed by atoms with Gasteiger partial charge in [0.05, 0.1) is 22.9 Å². The van der Waals surface area contributed by atoms with Crippen LogP contribution in [0.3, 0.4) is 0 Å². The van der Waals surface area contributed by atoms with Gasteiger partial charge < -0.3 is 10.2 Å².